The Bertz CT molecular complexity index is 530. The van der Waals surface area contributed by atoms with Crippen LogP contribution < -0.4 is 10.5 Å². The minimum absolute atomic E-state index is 0. The molecule has 2 N–H and O–H groups in total. The monoisotopic (exact) mass is 319 g/mol. The van der Waals surface area contributed by atoms with Gasteiger partial charge in [0.1, 0.15) is 12.4 Å². The van der Waals surface area contributed by atoms with Crippen molar-refractivity contribution in [2.24, 2.45) is 5.73 Å². The predicted octanol–water partition coefficient (Wildman–Crippen LogP) is 5.27. The second-order valence-electron chi connectivity index (χ2n) is 5.45. The summed E-state index contributed by atoms with van der Waals surface area (Å²) in [6, 6.07) is 18.5. The fourth-order valence-electron chi connectivity index (χ4n) is 2.36. The Morgan fingerprint density at radius 1 is 1.00 bits per heavy atom. The van der Waals surface area contributed by atoms with Gasteiger partial charge in [-0.2, -0.15) is 0 Å². The maximum Gasteiger partial charge on any atom is 0.120 e. The van der Waals surface area contributed by atoms with Gasteiger partial charge in [0.15, 0.2) is 0 Å². The van der Waals surface area contributed by atoms with Gasteiger partial charge in [-0.1, -0.05) is 68.7 Å². The molecule has 0 amide bonds. The summed E-state index contributed by atoms with van der Waals surface area (Å²) in [4.78, 5) is 0. The SMILES string of the molecule is CCCCC[C@H](N)c1cccc(OCc2ccccc2)c1.Cl. The van der Waals surface area contributed by atoms with Gasteiger partial charge in [0.25, 0.3) is 0 Å². The zero-order valence-electron chi connectivity index (χ0n) is 13.2. The molecule has 22 heavy (non-hydrogen) atoms. The van der Waals surface area contributed by atoms with Gasteiger partial charge in [0.2, 0.25) is 0 Å². The maximum atomic E-state index is 6.26. The van der Waals surface area contributed by atoms with Crippen molar-refractivity contribution >= 4 is 12.4 Å². The van der Waals surface area contributed by atoms with Crippen molar-refractivity contribution in [2.45, 2.75) is 45.3 Å². The van der Waals surface area contributed by atoms with Crippen molar-refractivity contribution in [1.29, 1.82) is 0 Å². The van der Waals surface area contributed by atoms with Crippen LogP contribution in [0.15, 0.2) is 54.6 Å². The third-order valence-corrected chi connectivity index (χ3v) is 3.65. The van der Waals surface area contributed by atoms with E-state index in [2.05, 4.69) is 31.2 Å². The minimum atomic E-state index is 0. The number of hydrogen-bond donors (Lipinski definition) is 1. The number of halogens is 1. The van der Waals surface area contributed by atoms with E-state index >= 15 is 0 Å². The molecule has 2 aromatic rings. The lowest BCUT2D eigenvalue weighted by Crippen LogP contribution is -2.10. The molecule has 2 aromatic carbocycles. The lowest BCUT2D eigenvalue weighted by molar-refractivity contribution is 0.305. The lowest BCUT2D eigenvalue weighted by atomic mass is 10.0. The number of unbranched alkanes of at least 4 members (excludes halogenated alkanes) is 2. The van der Waals surface area contributed by atoms with E-state index in [1.54, 1.807) is 0 Å². The summed E-state index contributed by atoms with van der Waals surface area (Å²) in [5.74, 6) is 0.891. The van der Waals surface area contributed by atoms with E-state index < -0.39 is 0 Å². The molecule has 2 nitrogen and oxygen atoms in total. The summed E-state index contributed by atoms with van der Waals surface area (Å²) in [5.41, 5.74) is 8.60. The van der Waals surface area contributed by atoms with Gasteiger partial charge in [-0.3, -0.25) is 0 Å². The Labute approximate surface area is 140 Å². The molecule has 1 atom stereocenters. The number of nitrogens with two attached hydrogens (primary N) is 1. The third kappa shape index (κ3) is 6.08. The lowest BCUT2D eigenvalue weighted by Gasteiger charge is -2.13. The van der Waals surface area contributed by atoms with E-state index in [0.717, 1.165) is 17.7 Å². The fraction of sp³-hybridized carbons (Fsp3) is 0.368. The van der Waals surface area contributed by atoms with Crippen LogP contribution in [0.25, 0.3) is 0 Å². The van der Waals surface area contributed by atoms with Crippen molar-refractivity contribution < 1.29 is 4.74 Å². The molecule has 0 aromatic heterocycles. The van der Waals surface area contributed by atoms with E-state index in [9.17, 15) is 0 Å². The fourth-order valence-corrected chi connectivity index (χ4v) is 2.36. The molecule has 0 aliphatic heterocycles. The summed E-state index contributed by atoms with van der Waals surface area (Å²) in [6.45, 7) is 2.80. The molecule has 0 fully saturated rings. The molecule has 0 radical (unpaired) electrons. The van der Waals surface area contributed by atoms with Crippen LogP contribution in [0.3, 0.4) is 0 Å². The van der Waals surface area contributed by atoms with Crippen LogP contribution in [0.5, 0.6) is 5.75 Å². The van der Waals surface area contributed by atoms with Gasteiger partial charge in [0, 0.05) is 6.04 Å². The van der Waals surface area contributed by atoms with Crippen LogP contribution in [0, 0.1) is 0 Å². The standard InChI is InChI=1S/C19H25NO.ClH/c1-2-3-5-13-19(20)17-11-8-12-18(14-17)21-15-16-9-6-4-7-10-16;/h4,6-12,14,19H,2-3,5,13,15,20H2,1H3;1H/t19-;/m0./s1. The topological polar surface area (TPSA) is 35.2 Å². The van der Waals surface area contributed by atoms with Gasteiger partial charge in [-0.25, -0.2) is 0 Å². The van der Waals surface area contributed by atoms with Gasteiger partial charge in [-0.15, -0.1) is 12.4 Å². The van der Waals surface area contributed by atoms with E-state index in [0.29, 0.717) is 6.61 Å². The molecule has 0 unspecified atom stereocenters. The third-order valence-electron chi connectivity index (χ3n) is 3.65. The van der Waals surface area contributed by atoms with E-state index in [1.165, 1.54) is 24.8 Å². The number of hydrogen-bond acceptors (Lipinski definition) is 2. The highest BCUT2D eigenvalue weighted by Crippen LogP contribution is 2.22. The zero-order valence-corrected chi connectivity index (χ0v) is 14.0. The molecule has 0 spiro atoms. The van der Waals surface area contributed by atoms with Crippen LogP contribution in [0.2, 0.25) is 0 Å². The van der Waals surface area contributed by atoms with E-state index in [4.69, 9.17) is 10.5 Å². The summed E-state index contributed by atoms with van der Waals surface area (Å²) in [5, 5.41) is 0. The Kier molecular flexibility index (Phi) is 8.64. The van der Waals surface area contributed by atoms with Crippen LogP contribution in [0.1, 0.15) is 49.8 Å². The minimum Gasteiger partial charge on any atom is -0.489 e. The highest BCUT2D eigenvalue weighted by molar-refractivity contribution is 5.85. The summed E-state index contributed by atoms with van der Waals surface area (Å²) in [7, 11) is 0. The highest BCUT2D eigenvalue weighted by Gasteiger charge is 2.06. The smallest absolute Gasteiger partial charge is 0.120 e. The Morgan fingerprint density at radius 2 is 1.77 bits per heavy atom. The average molecular weight is 320 g/mol. The molecule has 3 heteroatoms. The van der Waals surface area contributed by atoms with Gasteiger partial charge in [0.05, 0.1) is 0 Å². The van der Waals surface area contributed by atoms with E-state index in [-0.39, 0.29) is 18.4 Å². The molecule has 0 aliphatic rings. The normalized spacial score (nSPS) is 11.5. The molecule has 0 heterocycles. The molecule has 0 saturated carbocycles. The van der Waals surface area contributed by atoms with Gasteiger partial charge in [-0.05, 0) is 29.7 Å². The highest BCUT2D eigenvalue weighted by atomic mass is 35.5. The molecular weight excluding hydrogens is 294 g/mol. The molecular formula is C19H26ClNO. The molecule has 0 bridgehead atoms. The van der Waals surface area contributed by atoms with Crippen molar-refractivity contribution in [3.05, 3.63) is 65.7 Å². The van der Waals surface area contributed by atoms with Crippen molar-refractivity contribution in [3.63, 3.8) is 0 Å². The summed E-state index contributed by atoms with van der Waals surface area (Å²) >= 11 is 0. The molecule has 120 valence electrons. The largest absolute Gasteiger partial charge is 0.489 e. The van der Waals surface area contributed by atoms with Crippen LogP contribution in [-0.2, 0) is 6.61 Å². The first-order valence-electron chi connectivity index (χ1n) is 7.82. The number of rotatable bonds is 8. The van der Waals surface area contributed by atoms with Gasteiger partial charge >= 0.3 is 0 Å². The van der Waals surface area contributed by atoms with Crippen molar-refractivity contribution in [3.8, 4) is 5.75 Å². The Hall–Kier alpha value is -1.51. The van der Waals surface area contributed by atoms with Crippen molar-refractivity contribution in [2.75, 3.05) is 0 Å². The average Bonchev–Trinajstić information content (AvgIpc) is 2.54. The summed E-state index contributed by atoms with van der Waals surface area (Å²) in [6.07, 6.45) is 4.70. The molecule has 0 aliphatic carbocycles. The predicted molar refractivity (Wildman–Crippen MR) is 95.5 cm³/mol. The van der Waals surface area contributed by atoms with E-state index in [1.807, 2.05) is 30.3 Å². The first-order chi connectivity index (χ1) is 10.3. The number of benzene rings is 2. The molecule has 0 saturated heterocycles. The van der Waals surface area contributed by atoms with Crippen LogP contribution >= 0.6 is 12.4 Å². The van der Waals surface area contributed by atoms with Crippen molar-refractivity contribution in [1.82, 2.24) is 0 Å². The molecule has 2 rings (SSSR count). The second-order valence-corrected chi connectivity index (χ2v) is 5.45. The Balaban J connectivity index is 0.00000242. The first kappa shape index (κ1) is 18.5. The Morgan fingerprint density at radius 3 is 2.50 bits per heavy atom. The quantitative estimate of drug-likeness (QED) is 0.673. The zero-order chi connectivity index (χ0) is 14.9. The van der Waals surface area contributed by atoms with Crippen LogP contribution in [-0.4, -0.2) is 0 Å². The van der Waals surface area contributed by atoms with Crippen LogP contribution in [0.4, 0.5) is 0 Å². The second kappa shape index (κ2) is 10.3. The summed E-state index contributed by atoms with van der Waals surface area (Å²) < 4.78 is 5.85. The van der Waals surface area contributed by atoms with Gasteiger partial charge < -0.3 is 10.5 Å². The number of ether oxygens (including phenoxy) is 1. The first-order valence-corrected chi connectivity index (χ1v) is 7.82. The maximum absolute atomic E-state index is 6.26.